The van der Waals surface area contributed by atoms with Crippen LogP contribution in [0.2, 0.25) is 0 Å². The average Bonchev–Trinajstić information content (AvgIpc) is 3.34. The molecule has 5 heteroatoms. The highest BCUT2D eigenvalue weighted by molar-refractivity contribution is 5.75. The second-order valence-corrected chi connectivity index (χ2v) is 8.71. The van der Waals surface area contributed by atoms with Crippen LogP contribution in [0.1, 0.15) is 32.3 Å². The Labute approximate surface area is 157 Å². The molecule has 144 valence electrons. The van der Waals surface area contributed by atoms with Gasteiger partial charge in [0.2, 0.25) is 0 Å². The maximum atomic E-state index is 12.9. The van der Waals surface area contributed by atoms with Gasteiger partial charge in [0.1, 0.15) is 5.75 Å². The van der Waals surface area contributed by atoms with Crippen molar-refractivity contribution in [3.63, 3.8) is 0 Å². The number of hydrogen-bond acceptors (Lipinski definition) is 3. The van der Waals surface area contributed by atoms with Gasteiger partial charge in [-0.15, -0.1) is 0 Å². The van der Waals surface area contributed by atoms with E-state index in [1.807, 2.05) is 17.0 Å². The molecule has 2 aliphatic rings. The summed E-state index contributed by atoms with van der Waals surface area (Å²) in [5, 5.41) is 0. The van der Waals surface area contributed by atoms with Crippen LogP contribution in [0, 0.1) is 11.3 Å². The molecule has 1 saturated carbocycles. The highest BCUT2D eigenvalue weighted by Crippen LogP contribution is 2.49. The third-order valence-electron chi connectivity index (χ3n) is 5.25. The number of ether oxygens (including phenoxy) is 1. The Balaban J connectivity index is 1.61. The summed E-state index contributed by atoms with van der Waals surface area (Å²) in [4.78, 5) is 19.1. The first kappa shape index (κ1) is 19.0. The molecule has 1 spiro atoms. The molecular weight excluding hydrogens is 326 g/mol. The number of hydrogen-bond donors (Lipinski definition) is 0. The van der Waals surface area contributed by atoms with Crippen LogP contribution in [0.3, 0.4) is 0 Å². The van der Waals surface area contributed by atoms with E-state index in [0.717, 1.165) is 38.5 Å². The van der Waals surface area contributed by atoms with Crippen LogP contribution in [-0.2, 0) is 6.54 Å². The monoisotopic (exact) mass is 359 g/mol. The summed E-state index contributed by atoms with van der Waals surface area (Å²) in [7, 11) is 4.12. The third kappa shape index (κ3) is 4.91. The zero-order valence-electron chi connectivity index (χ0n) is 16.7. The second-order valence-electron chi connectivity index (χ2n) is 8.71. The lowest BCUT2D eigenvalue weighted by atomic mass is 10.0. The number of carbonyl (C=O) groups excluding carboxylic acids is 1. The normalized spacial score (nSPS) is 18.9. The molecule has 26 heavy (non-hydrogen) atoms. The van der Waals surface area contributed by atoms with Gasteiger partial charge in [0.15, 0.2) is 0 Å². The zero-order valence-corrected chi connectivity index (χ0v) is 16.7. The van der Waals surface area contributed by atoms with Gasteiger partial charge in [-0.3, -0.25) is 0 Å². The van der Waals surface area contributed by atoms with Crippen molar-refractivity contribution in [3.05, 3.63) is 29.8 Å². The quantitative estimate of drug-likeness (QED) is 0.714. The lowest BCUT2D eigenvalue weighted by molar-refractivity contribution is 0.0885. The third-order valence-corrected chi connectivity index (χ3v) is 5.25. The van der Waals surface area contributed by atoms with E-state index in [9.17, 15) is 4.79 Å². The molecule has 3 rings (SSSR count). The van der Waals surface area contributed by atoms with Crippen molar-refractivity contribution in [3.8, 4) is 5.75 Å². The number of likely N-dealkylation sites (N-methyl/N-ethyl adjacent to an activating group) is 1. The maximum absolute atomic E-state index is 12.9. The van der Waals surface area contributed by atoms with E-state index >= 15 is 0 Å². The summed E-state index contributed by atoms with van der Waals surface area (Å²) < 4.78 is 5.75. The number of nitrogens with zero attached hydrogens (tertiary/aromatic N) is 3. The van der Waals surface area contributed by atoms with E-state index in [-0.39, 0.29) is 6.03 Å². The van der Waals surface area contributed by atoms with Crippen LogP contribution >= 0.6 is 0 Å². The van der Waals surface area contributed by atoms with Crippen molar-refractivity contribution in [2.45, 2.75) is 33.2 Å². The number of carbonyl (C=O) groups is 1. The molecule has 1 saturated heterocycles. The van der Waals surface area contributed by atoms with Gasteiger partial charge < -0.3 is 19.4 Å². The van der Waals surface area contributed by atoms with Gasteiger partial charge in [-0.25, -0.2) is 4.79 Å². The molecule has 0 unspecified atom stereocenters. The summed E-state index contributed by atoms with van der Waals surface area (Å²) in [6.45, 7) is 9.26. The minimum Gasteiger partial charge on any atom is -0.493 e. The van der Waals surface area contributed by atoms with Crippen molar-refractivity contribution in [1.82, 2.24) is 14.7 Å². The van der Waals surface area contributed by atoms with Crippen LogP contribution in [0.5, 0.6) is 5.75 Å². The molecule has 0 aromatic heterocycles. The zero-order chi connectivity index (χ0) is 18.7. The smallest absolute Gasteiger partial charge is 0.320 e. The molecule has 0 N–H and O–H groups in total. The van der Waals surface area contributed by atoms with Gasteiger partial charge in [-0.1, -0.05) is 26.0 Å². The molecule has 1 aromatic rings. The minimum absolute atomic E-state index is 0.185. The largest absolute Gasteiger partial charge is 0.493 e. The van der Waals surface area contributed by atoms with Crippen LogP contribution < -0.4 is 4.74 Å². The standard InChI is InChI=1S/C21H33N3O2/c1-17(2)14-26-19-7-5-18(6-8-19)13-24-16-21(9-10-21)15-23(20(24)25)12-11-22(3)4/h5-8,17H,9-16H2,1-4H3. The van der Waals surface area contributed by atoms with E-state index in [0.29, 0.717) is 17.9 Å². The SMILES string of the molecule is CC(C)COc1ccc(CN2CC3(CC3)CN(CCN(C)C)C2=O)cc1. The summed E-state index contributed by atoms with van der Waals surface area (Å²) >= 11 is 0. The molecule has 0 atom stereocenters. The topological polar surface area (TPSA) is 36.0 Å². The Morgan fingerprint density at radius 1 is 1.12 bits per heavy atom. The van der Waals surface area contributed by atoms with Crippen molar-refractivity contribution in [2.24, 2.45) is 11.3 Å². The molecule has 1 aliphatic carbocycles. The molecule has 1 heterocycles. The highest BCUT2D eigenvalue weighted by atomic mass is 16.5. The predicted octanol–water partition coefficient (Wildman–Crippen LogP) is 3.30. The Morgan fingerprint density at radius 2 is 1.77 bits per heavy atom. The van der Waals surface area contributed by atoms with Gasteiger partial charge in [-0.2, -0.15) is 0 Å². The number of rotatable bonds is 8. The van der Waals surface area contributed by atoms with Gasteiger partial charge >= 0.3 is 6.03 Å². The van der Waals surface area contributed by atoms with Gasteiger partial charge in [-0.05, 0) is 50.6 Å². The summed E-state index contributed by atoms with van der Waals surface area (Å²) in [6.07, 6.45) is 2.49. The van der Waals surface area contributed by atoms with Crippen LogP contribution in [0.15, 0.2) is 24.3 Å². The fraction of sp³-hybridized carbons (Fsp3) is 0.667. The molecule has 0 radical (unpaired) electrons. The number of amides is 2. The fourth-order valence-electron chi connectivity index (χ4n) is 3.48. The number of benzene rings is 1. The molecule has 1 aromatic carbocycles. The number of urea groups is 1. The predicted molar refractivity (Wildman–Crippen MR) is 104 cm³/mol. The molecule has 2 amide bonds. The van der Waals surface area contributed by atoms with Crippen LogP contribution in [0.25, 0.3) is 0 Å². The summed E-state index contributed by atoms with van der Waals surface area (Å²) in [5.74, 6) is 1.42. The van der Waals surface area contributed by atoms with Crippen molar-refractivity contribution in [1.29, 1.82) is 0 Å². The second kappa shape index (κ2) is 7.87. The summed E-state index contributed by atoms with van der Waals surface area (Å²) in [5.41, 5.74) is 1.51. The first-order valence-corrected chi connectivity index (χ1v) is 9.77. The molecule has 5 nitrogen and oxygen atoms in total. The lowest BCUT2D eigenvalue weighted by Gasteiger charge is -2.41. The first-order valence-electron chi connectivity index (χ1n) is 9.77. The van der Waals surface area contributed by atoms with Crippen molar-refractivity contribution < 1.29 is 9.53 Å². The molecular formula is C21H33N3O2. The van der Waals surface area contributed by atoms with Crippen molar-refractivity contribution >= 4 is 6.03 Å². The Hall–Kier alpha value is -1.75. The highest BCUT2D eigenvalue weighted by Gasteiger charge is 2.50. The maximum Gasteiger partial charge on any atom is 0.320 e. The minimum atomic E-state index is 0.185. The molecule has 0 bridgehead atoms. The van der Waals surface area contributed by atoms with E-state index < -0.39 is 0 Å². The van der Waals surface area contributed by atoms with E-state index in [2.05, 4.69) is 49.9 Å². The lowest BCUT2D eigenvalue weighted by Crippen LogP contribution is -2.55. The van der Waals surface area contributed by atoms with Crippen LogP contribution in [0.4, 0.5) is 4.79 Å². The molecule has 1 aliphatic heterocycles. The summed E-state index contributed by atoms with van der Waals surface area (Å²) in [6, 6.07) is 8.39. The Kier molecular flexibility index (Phi) is 5.76. The average molecular weight is 360 g/mol. The Bertz CT molecular complexity index is 608. The van der Waals surface area contributed by atoms with Crippen LogP contribution in [-0.4, -0.2) is 67.6 Å². The van der Waals surface area contributed by atoms with Gasteiger partial charge in [0, 0.05) is 38.1 Å². The first-order chi connectivity index (χ1) is 12.4. The van der Waals surface area contributed by atoms with E-state index in [1.54, 1.807) is 0 Å². The van der Waals surface area contributed by atoms with Gasteiger partial charge in [0.25, 0.3) is 0 Å². The fourth-order valence-corrected chi connectivity index (χ4v) is 3.48. The van der Waals surface area contributed by atoms with E-state index in [1.165, 1.54) is 18.4 Å². The Morgan fingerprint density at radius 3 is 2.35 bits per heavy atom. The molecule has 2 fully saturated rings. The van der Waals surface area contributed by atoms with Crippen molar-refractivity contribution in [2.75, 3.05) is 46.9 Å². The van der Waals surface area contributed by atoms with E-state index in [4.69, 9.17) is 4.74 Å². The van der Waals surface area contributed by atoms with Gasteiger partial charge in [0.05, 0.1) is 6.61 Å².